The topological polar surface area (TPSA) is 201 Å². The number of esters is 1. The molecule has 13 nitrogen and oxygen atoms in total. The molecule has 3 unspecified atom stereocenters. The van der Waals surface area contributed by atoms with E-state index in [1.165, 1.54) is 7.11 Å². The van der Waals surface area contributed by atoms with Gasteiger partial charge in [0.1, 0.15) is 17.2 Å². The summed E-state index contributed by atoms with van der Waals surface area (Å²) in [5.74, 6) is -2.15. The highest BCUT2D eigenvalue weighted by atomic mass is 16.6. The number of hydrogen-bond donors (Lipinski definition) is 5. The van der Waals surface area contributed by atoms with Crippen molar-refractivity contribution in [3.8, 4) is 0 Å². The zero-order valence-electron chi connectivity index (χ0n) is 27.3. The monoisotopic (exact) mass is 615 g/mol. The number of Topliss-reactive ketones (excluding diaryl/α,β-unsaturated/α-hetero) is 1. The summed E-state index contributed by atoms with van der Waals surface area (Å²) < 4.78 is 15.5. The number of unbranched alkanes of at least 4 members (excludes halogenated alkanes) is 3. The molecule has 0 spiro atoms. The van der Waals surface area contributed by atoms with Crippen LogP contribution in [0.2, 0.25) is 0 Å². The van der Waals surface area contributed by atoms with Crippen molar-refractivity contribution in [2.24, 2.45) is 17.4 Å². The van der Waals surface area contributed by atoms with E-state index in [4.69, 9.17) is 25.7 Å². The first-order valence-electron chi connectivity index (χ1n) is 15.3. The number of nitrogens with two attached hydrogens (primary N) is 2. The van der Waals surface area contributed by atoms with Crippen LogP contribution in [-0.2, 0) is 28.6 Å². The van der Waals surface area contributed by atoms with Gasteiger partial charge in [-0.2, -0.15) is 0 Å². The van der Waals surface area contributed by atoms with E-state index >= 15 is 0 Å². The molecule has 7 N–H and O–H groups in total. The zero-order chi connectivity index (χ0) is 33.1. The second-order valence-corrected chi connectivity index (χ2v) is 12.6. The van der Waals surface area contributed by atoms with Gasteiger partial charge in [-0.15, -0.1) is 0 Å². The Morgan fingerprint density at radius 3 is 1.70 bits per heavy atom. The molecule has 13 heteroatoms. The van der Waals surface area contributed by atoms with Crippen LogP contribution in [0, 0.1) is 5.92 Å². The molecule has 250 valence electrons. The number of ether oxygens (including phenoxy) is 3. The second-order valence-electron chi connectivity index (χ2n) is 12.6. The van der Waals surface area contributed by atoms with E-state index in [1.807, 2.05) is 0 Å². The van der Waals surface area contributed by atoms with Crippen molar-refractivity contribution in [1.29, 1.82) is 0 Å². The van der Waals surface area contributed by atoms with E-state index in [2.05, 4.69) is 16.0 Å². The molecular weight excluding hydrogens is 558 g/mol. The fraction of sp³-hybridized carbons (Fsp3) is 0.833. The number of hydrogen-bond acceptors (Lipinski definition) is 10. The Labute approximate surface area is 257 Å². The minimum Gasteiger partial charge on any atom is -0.467 e. The molecule has 0 aliphatic heterocycles. The molecule has 0 heterocycles. The van der Waals surface area contributed by atoms with Gasteiger partial charge in [0.2, 0.25) is 5.91 Å². The summed E-state index contributed by atoms with van der Waals surface area (Å²) in [6.07, 6.45) is 3.17. The van der Waals surface area contributed by atoms with Gasteiger partial charge in [-0.3, -0.25) is 9.59 Å². The Bertz CT molecular complexity index is 870. The van der Waals surface area contributed by atoms with Crippen molar-refractivity contribution in [2.45, 2.75) is 129 Å². The molecule has 0 aromatic heterocycles. The summed E-state index contributed by atoms with van der Waals surface area (Å²) >= 11 is 0. The molecule has 43 heavy (non-hydrogen) atoms. The predicted molar refractivity (Wildman–Crippen MR) is 164 cm³/mol. The van der Waals surface area contributed by atoms with E-state index in [0.29, 0.717) is 77.4 Å². The number of carbonyl (C=O) groups excluding carboxylic acids is 5. The molecule has 0 aromatic rings. The van der Waals surface area contributed by atoms with Crippen molar-refractivity contribution in [2.75, 3.05) is 26.7 Å². The van der Waals surface area contributed by atoms with Gasteiger partial charge in [-0.25, -0.2) is 14.4 Å². The molecule has 0 radical (unpaired) electrons. The quantitative estimate of drug-likeness (QED) is 0.0770. The lowest BCUT2D eigenvalue weighted by atomic mass is 9.90. The number of methoxy groups -OCH3 is 1. The summed E-state index contributed by atoms with van der Waals surface area (Å²) in [4.78, 5) is 63.8. The maximum absolute atomic E-state index is 13.5. The standard InChI is InChI=1S/C30H57N5O8/c1-29(2,3)42-27(39)33-19-13-10-14-21(25(37)34-23(26(38)41-7)16-9-12-18-32)20-24(36)22(15-8-11-17-31)35-28(40)43-30(4,5)6/h21-23H,8-20,31-32H2,1-7H3,(H,33,39)(H,34,37)(H,35,40). The summed E-state index contributed by atoms with van der Waals surface area (Å²) in [6.45, 7) is 11.7. The lowest BCUT2D eigenvalue weighted by Gasteiger charge is -2.25. The van der Waals surface area contributed by atoms with Gasteiger partial charge in [-0.05, 0) is 106 Å². The minimum atomic E-state index is -0.879. The molecule has 0 saturated heterocycles. The summed E-state index contributed by atoms with van der Waals surface area (Å²) in [5.41, 5.74) is 9.82. The van der Waals surface area contributed by atoms with Crippen LogP contribution < -0.4 is 27.4 Å². The average Bonchev–Trinajstić information content (AvgIpc) is 2.88. The first kappa shape index (κ1) is 40.1. The van der Waals surface area contributed by atoms with Crippen LogP contribution in [0.15, 0.2) is 0 Å². The number of amides is 3. The lowest BCUT2D eigenvalue weighted by molar-refractivity contribution is -0.146. The smallest absolute Gasteiger partial charge is 0.408 e. The number of rotatable bonds is 20. The first-order chi connectivity index (χ1) is 20.0. The van der Waals surface area contributed by atoms with Crippen LogP contribution in [0.25, 0.3) is 0 Å². The van der Waals surface area contributed by atoms with Crippen LogP contribution in [-0.4, -0.2) is 79.9 Å². The molecule has 0 saturated carbocycles. The van der Waals surface area contributed by atoms with Crippen molar-refractivity contribution in [1.82, 2.24) is 16.0 Å². The van der Waals surface area contributed by atoms with Gasteiger partial charge < -0.3 is 41.6 Å². The predicted octanol–water partition coefficient (Wildman–Crippen LogP) is 3.07. The number of carbonyl (C=O) groups is 5. The van der Waals surface area contributed by atoms with Crippen LogP contribution in [0.1, 0.15) is 106 Å². The average molecular weight is 616 g/mol. The maximum Gasteiger partial charge on any atom is 0.408 e. The summed E-state index contributed by atoms with van der Waals surface area (Å²) in [6, 6.07) is -1.75. The third kappa shape index (κ3) is 20.6. The Morgan fingerprint density at radius 2 is 1.19 bits per heavy atom. The second kappa shape index (κ2) is 20.9. The Balaban J connectivity index is 5.66. The molecule has 0 aliphatic rings. The van der Waals surface area contributed by atoms with E-state index in [1.54, 1.807) is 41.5 Å². The molecular formula is C30H57N5O8. The Morgan fingerprint density at radius 1 is 0.674 bits per heavy atom. The molecule has 0 aliphatic carbocycles. The number of ketones is 1. The minimum absolute atomic E-state index is 0.162. The van der Waals surface area contributed by atoms with Gasteiger partial charge in [0.15, 0.2) is 5.78 Å². The van der Waals surface area contributed by atoms with Crippen LogP contribution in [0.5, 0.6) is 0 Å². The van der Waals surface area contributed by atoms with Crippen LogP contribution >= 0.6 is 0 Å². The number of nitrogens with one attached hydrogen (secondary N) is 3. The fourth-order valence-corrected chi connectivity index (χ4v) is 4.16. The van der Waals surface area contributed by atoms with Crippen LogP contribution in [0.4, 0.5) is 9.59 Å². The number of alkyl carbamates (subject to hydrolysis) is 2. The van der Waals surface area contributed by atoms with Gasteiger partial charge in [0, 0.05) is 18.9 Å². The molecule has 0 fully saturated rings. The Kier molecular flexibility index (Phi) is 19.5. The lowest BCUT2D eigenvalue weighted by Crippen LogP contribution is -2.47. The van der Waals surface area contributed by atoms with Gasteiger partial charge in [-0.1, -0.05) is 6.42 Å². The largest absolute Gasteiger partial charge is 0.467 e. The SMILES string of the molecule is COC(=O)C(CCCCN)NC(=O)C(CCCCNC(=O)OC(C)(C)C)CC(=O)C(CCCCN)NC(=O)OC(C)(C)C. The van der Waals surface area contributed by atoms with Crippen molar-refractivity contribution < 1.29 is 38.2 Å². The fourth-order valence-electron chi connectivity index (χ4n) is 4.16. The third-order valence-corrected chi connectivity index (χ3v) is 6.24. The molecule has 0 aromatic carbocycles. The first-order valence-corrected chi connectivity index (χ1v) is 15.3. The van der Waals surface area contributed by atoms with E-state index in [-0.39, 0.29) is 12.2 Å². The zero-order valence-corrected chi connectivity index (χ0v) is 27.3. The van der Waals surface area contributed by atoms with Gasteiger partial charge >= 0.3 is 18.2 Å². The van der Waals surface area contributed by atoms with E-state index in [0.717, 1.165) is 0 Å². The van der Waals surface area contributed by atoms with Gasteiger partial charge in [0.05, 0.1) is 13.2 Å². The third-order valence-electron chi connectivity index (χ3n) is 6.24. The normalized spacial score (nSPS) is 13.7. The van der Waals surface area contributed by atoms with Crippen LogP contribution in [0.3, 0.4) is 0 Å². The molecule has 0 bridgehead atoms. The van der Waals surface area contributed by atoms with Crippen molar-refractivity contribution in [3.05, 3.63) is 0 Å². The van der Waals surface area contributed by atoms with E-state index < -0.39 is 53.3 Å². The maximum atomic E-state index is 13.5. The Hall–Kier alpha value is -2.93. The molecule has 3 atom stereocenters. The highest BCUT2D eigenvalue weighted by Crippen LogP contribution is 2.19. The summed E-state index contributed by atoms with van der Waals surface area (Å²) in [7, 11) is 1.25. The highest BCUT2D eigenvalue weighted by Gasteiger charge is 2.31. The van der Waals surface area contributed by atoms with Crippen molar-refractivity contribution >= 4 is 29.8 Å². The molecule has 3 amide bonds. The highest BCUT2D eigenvalue weighted by molar-refractivity contribution is 5.92. The van der Waals surface area contributed by atoms with Crippen molar-refractivity contribution in [3.63, 3.8) is 0 Å². The van der Waals surface area contributed by atoms with E-state index in [9.17, 15) is 24.0 Å². The summed E-state index contributed by atoms with van der Waals surface area (Å²) in [5, 5.41) is 8.09. The van der Waals surface area contributed by atoms with Gasteiger partial charge in [0.25, 0.3) is 0 Å². The molecule has 0 rings (SSSR count).